The SMILES string of the molecule is CC(O)CO.NC(N)=O.OCC(O)CO. The lowest BCUT2D eigenvalue weighted by atomic mass is 10.4. The van der Waals surface area contributed by atoms with Gasteiger partial charge in [-0.3, -0.25) is 0 Å². The van der Waals surface area contributed by atoms with Gasteiger partial charge in [0, 0.05) is 0 Å². The highest BCUT2D eigenvalue weighted by atomic mass is 16.3. The summed E-state index contributed by atoms with van der Waals surface area (Å²) >= 11 is 0. The fourth-order valence-electron chi connectivity index (χ4n) is 0.0577. The van der Waals surface area contributed by atoms with Crippen molar-refractivity contribution in [1.82, 2.24) is 0 Å². The van der Waals surface area contributed by atoms with Gasteiger partial charge in [-0.15, -0.1) is 0 Å². The Morgan fingerprint density at radius 3 is 1.27 bits per heavy atom. The standard InChI is InChI=1S/C3H8O3.C3H8O2.CH4N2O/c4-1-3(6)2-5;1-3(5)2-4;2-1(3)4/h3-6H,1-2H2;3-5H,2H2,1H3;(H4,2,3,4). The summed E-state index contributed by atoms with van der Waals surface area (Å²) in [5.74, 6) is 0. The Hall–Kier alpha value is -0.930. The van der Waals surface area contributed by atoms with Crippen LogP contribution in [0.1, 0.15) is 6.92 Å². The Kier molecular flexibility index (Phi) is 20.3. The van der Waals surface area contributed by atoms with E-state index < -0.39 is 18.2 Å². The van der Waals surface area contributed by atoms with Crippen LogP contribution in [0, 0.1) is 0 Å². The van der Waals surface area contributed by atoms with E-state index in [1.54, 1.807) is 0 Å². The molecule has 9 N–H and O–H groups in total. The zero-order chi connectivity index (χ0) is 12.9. The van der Waals surface area contributed by atoms with Crippen molar-refractivity contribution >= 4 is 6.03 Å². The maximum Gasteiger partial charge on any atom is 0.309 e. The van der Waals surface area contributed by atoms with Crippen LogP contribution in [-0.4, -0.2) is 63.6 Å². The predicted molar refractivity (Wildman–Crippen MR) is 52.7 cm³/mol. The molecule has 0 radical (unpaired) electrons. The number of carbonyl (C=O) groups excluding carboxylic acids is 1. The van der Waals surface area contributed by atoms with Crippen LogP contribution in [0.15, 0.2) is 0 Å². The summed E-state index contributed by atoms with van der Waals surface area (Å²) in [5, 5.41) is 40.0. The third-order valence-electron chi connectivity index (χ3n) is 0.686. The van der Waals surface area contributed by atoms with E-state index in [2.05, 4.69) is 11.5 Å². The van der Waals surface area contributed by atoms with Gasteiger partial charge in [0.2, 0.25) is 0 Å². The fourth-order valence-corrected chi connectivity index (χ4v) is 0.0577. The van der Waals surface area contributed by atoms with Crippen molar-refractivity contribution in [2.45, 2.75) is 19.1 Å². The van der Waals surface area contributed by atoms with E-state index in [1.807, 2.05) is 0 Å². The first kappa shape index (κ1) is 19.6. The van der Waals surface area contributed by atoms with E-state index in [4.69, 9.17) is 30.3 Å². The molecule has 0 saturated carbocycles. The van der Waals surface area contributed by atoms with Crippen LogP contribution in [0.3, 0.4) is 0 Å². The highest BCUT2D eigenvalue weighted by molar-refractivity contribution is 5.69. The number of urea groups is 1. The van der Waals surface area contributed by atoms with Crippen molar-refractivity contribution in [1.29, 1.82) is 0 Å². The maximum absolute atomic E-state index is 9.00. The van der Waals surface area contributed by atoms with Crippen LogP contribution in [0.4, 0.5) is 4.79 Å². The van der Waals surface area contributed by atoms with E-state index >= 15 is 0 Å². The highest BCUT2D eigenvalue weighted by Gasteiger charge is 1.93. The van der Waals surface area contributed by atoms with Crippen LogP contribution >= 0.6 is 0 Å². The lowest BCUT2D eigenvalue weighted by molar-refractivity contribution is 0.0450. The molecule has 0 aliphatic heterocycles. The predicted octanol–water partition coefficient (Wildman–Crippen LogP) is -3.28. The first-order valence-corrected chi connectivity index (χ1v) is 4.05. The van der Waals surface area contributed by atoms with Gasteiger partial charge >= 0.3 is 6.03 Å². The summed E-state index contributed by atoms with van der Waals surface area (Å²) < 4.78 is 0. The molecule has 0 fully saturated rings. The number of carbonyl (C=O) groups is 1. The first-order chi connectivity index (χ1) is 6.81. The zero-order valence-corrected chi connectivity index (χ0v) is 8.58. The number of primary amides is 2. The Labute approximate surface area is 87.8 Å². The normalized spacial score (nSPS) is 10.6. The quantitative estimate of drug-likeness (QED) is 0.267. The molecule has 2 amide bonds. The molecule has 0 aromatic heterocycles. The number of rotatable bonds is 3. The molecular formula is C7H20N2O6. The lowest BCUT2D eigenvalue weighted by Gasteiger charge is -1.96. The Bertz CT molecular complexity index is 125. The van der Waals surface area contributed by atoms with Crippen molar-refractivity contribution < 1.29 is 30.3 Å². The molecule has 0 aromatic carbocycles. The van der Waals surface area contributed by atoms with E-state index in [1.165, 1.54) is 6.92 Å². The number of amides is 2. The van der Waals surface area contributed by atoms with Crippen LogP contribution < -0.4 is 11.5 Å². The Balaban J connectivity index is -0.000000147. The highest BCUT2D eigenvalue weighted by Crippen LogP contribution is 1.71. The summed E-state index contributed by atoms with van der Waals surface area (Å²) in [5.41, 5.74) is 8.50. The molecule has 0 spiro atoms. The molecule has 8 heteroatoms. The van der Waals surface area contributed by atoms with Gasteiger partial charge in [-0.2, -0.15) is 0 Å². The van der Waals surface area contributed by atoms with Crippen molar-refractivity contribution in [3.63, 3.8) is 0 Å². The van der Waals surface area contributed by atoms with Crippen LogP contribution in [0.25, 0.3) is 0 Å². The molecule has 0 aliphatic rings. The van der Waals surface area contributed by atoms with E-state index in [9.17, 15) is 0 Å². The monoisotopic (exact) mass is 228 g/mol. The van der Waals surface area contributed by atoms with Gasteiger partial charge in [-0.25, -0.2) is 4.79 Å². The van der Waals surface area contributed by atoms with E-state index in [0.29, 0.717) is 0 Å². The van der Waals surface area contributed by atoms with Gasteiger partial charge in [0.25, 0.3) is 0 Å². The number of aliphatic hydroxyl groups is 5. The van der Waals surface area contributed by atoms with Gasteiger partial charge in [0.1, 0.15) is 6.10 Å². The van der Waals surface area contributed by atoms with Gasteiger partial charge in [0.15, 0.2) is 0 Å². The van der Waals surface area contributed by atoms with Gasteiger partial charge in [-0.05, 0) is 6.92 Å². The van der Waals surface area contributed by atoms with Gasteiger partial charge < -0.3 is 37.0 Å². The van der Waals surface area contributed by atoms with Crippen molar-refractivity contribution in [3.8, 4) is 0 Å². The molecule has 94 valence electrons. The molecule has 0 bridgehead atoms. The molecule has 0 rings (SSSR count). The van der Waals surface area contributed by atoms with Crippen molar-refractivity contribution in [2.24, 2.45) is 11.5 Å². The molecule has 0 heterocycles. The molecule has 1 unspecified atom stereocenters. The molecule has 8 nitrogen and oxygen atoms in total. The third-order valence-corrected chi connectivity index (χ3v) is 0.686. The number of hydrogen-bond donors (Lipinski definition) is 7. The van der Waals surface area contributed by atoms with Gasteiger partial charge in [-0.1, -0.05) is 0 Å². The minimum absolute atomic E-state index is 0.139. The maximum atomic E-state index is 9.00. The topological polar surface area (TPSA) is 170 Å². The molecule has 0 aromatic rings. The molecule has 1 atom stereocenters. The van der Waals surface area contributed by atoms with Gasteiger partial charge in [0.05, 0.1) is 25.9 Å². The van der Waals surface area contributed by atoms with E-state index in [0.717, 1.165) is 0 Å². The lowest BCUT2D eigenvalue weighted by Crippen LogP contribution is -2.18. The average Bonchev–Trinajstić information content (AvgIpc) is 2.16. The summed E-state index contributed by atoms with van der Waals surface area (Å²) in [6, 6.07) is -0.833. The second kappa shape index (κ2) is 15.5. The Morgan fingerprint density at radius 1 is 1.07 bits per heavy atom. The average molecular weight is 228 g/mol. The zero-order valence-electron chi connectivity index (χ0n) is 8.58. The number of aliphatic hydroxyl groups excluding tert-OH is 5. The second-order valence-corrected chi connectivity index (χ2v) is 2.45. The molecule has 0 aliphatic carbocycles. The van der Waals surface area contributed by atoms with Crippen LogP contribution in [0.5, 0.6) is 0 Å². The van der Waals surface area contributed by atoms with Crippen molar-refractivity contribution in [2.75, 3.05) is 19.8 Å². The molecule has 0 saturated heterocycles. The number of hydrogen-bond acceptors (Lipinski definition) is 6. The van der Waals surface area contributed by atoms with E-state index in [-0.39, 0.29) is 19.8 Å². The summed E-state index contributed by atoms with van der Waals surface area (Å²) in [6.45, 7) is 0.660. The molecular weight excluding hydrogens is 208 g/mol. The molecule has 15 heavy (non-hydrogen) atoms. The number of nitrogens with two attached hydrogens (primary N) is 2. The largest absolute Gasteiger partial charge is 0.394 e. The Morgan fingerprint density at radius 2 is 1.27 bits per heavy atom. The summed E-state index contributed by atoms with van der Waals surface area (Å²) in [7, 11) is 0. The summed E-state index contributed by atoms with van der Waals surface area (Å²) in [4.78, 5) is 9.00. The second-order valence-electron chi connectivity index (χ2n) is 2.45. The van der Waals surface area contributed by atoms with Crippen LogP contribution in [-0.2, 0) is 0 Å². The van der Waals surface area contributed by atoms with Crippen molar-refractivity contribution in [3.05, 3.63) is 0 Å². The smallest absolute Gasteiger partial charge is 0.309 e. The first-order valence-electron chi connectivity index (χ1n) is 4.05. The third kappa shape index (κ3) is 62.3. The fraction of sp³-hybridized carbons (Fsp3) is 0.857. The van der Waals surface area contributed by atoms with Crippen LogP contribution in [0.2, 0.25) is 0 Å². The minimum atomic E-state index is -0.954. The summed E-state index contributed by atoms with van der Waals surface area (Å²) in [6.07, 6.45) is -1.51. The minimum Gasteiger partial charge on any atom is -0.394 e.